The summed E-state index contributed by atoms with van der Waals surface area (Å²) in [5.74, 6) is -0.139. The van der Waals surface area contributed by atoms with E-state index in [2.05, 4.69) is 21.2 Å². The maximum absolute atomic E-state index is 12.6. The molecule has 0 spiro atoms. The SMILES string of the molecule is CC(C(=O)NC(C)(CBr)c1ccccc1)c1ccccc1. The molecule has 1 N–H and O–H groups in total. The zero-order chi connectivity index (χ0) is 15.3. The van der Waals surface area contributed by atoms with Crippen LogP contribution < -0.4 is 5.32 Å². The minimum Gasteiger partial charge on any atom is -0.345 e. The molecule has 2 unspecified atom stereocenters. The summed E-state index contributed by atoms with van der Waals surface area (Å²) in [5.41, 5.74) is 1.71. The van der Waals surface area contributed by atoms with Crippen LogP contribution in [-0.2, 0) is 10.3 Å². The van der Waals surface area contributed by atoms with Crippen LogP contribution in [0.5, 0.6) is 0 Å². The number of halogens is 1. The van der Waals surface area contributed by atoms with Crippen LogP contribution in [0.3, 0.4) is 0 Å². The van der Waals surface area contributed by atoms with Gasteiger partial charge in [0.2, 0.25) is 5.91 Å². The van der Waals surface area contributed by atoms with Gasteiger partial charge in [0.05, 0.1) is 11.5 Å². The Bertz CT molecular complexity index is 585. The van der Waals surface area contributed by atoms with Crippen molar-refractivity contribution < 1.29 is 4.79 Å². The third-order valence-corrected chi connectivity index (χ3v) is 4.89. The molecule has 2 atom stereocenters. The molecule has 3 heteroatoms. The van der Waals surface area contributed by atoms with Crippen LogP contribution >= 0.6 is 15.9 Å². The summed E-state index contributed by atoms with van der Waals surface area (Å²) in [7, 11) is 0. The molecule has 2 rings (SSSR count). The lowest BCUT2D eigenvalue weighted by molar-refractivity contribution is -0.123. The van der Waals surface area contributed by atoms with Crippen molar-refractivity contribution in [1.29, 1.82) is 0 Å². The number of nitrogens with one attached hydrogen (secondary N) is 1. The second kappa shape index (κ2) is 6.90. The lowest BCUT2D eigenvalue weighted by Gasteiger charge is -2.31. The molecule has 0 radical (unpaired) electrons. The van der Waals surface area contributed by atoms with E-state index in [1.54, 1.807) is 0 Å². The third-order valence-electron chi connectivity index (χ3n) is 3.77. The van der Waals surface area contributed by atoms with E-state index >= 15 is 0 Å². The molecular weight excluding hydrogens is 326 g/mol. The molecule has 1 amide bonds. The van der Waals surface area contributed by atoms with Crippen LogP contribution in [0.4, 0.5) is 0 Å². The van der Waals surface area contributed by atoms with Crippen molar-refractivity contribution in [2.75, 3.05) is 5.33 Å². The fraction of sp³-hybridized carbons (Fsp3) is 0.278. The van der Waals surface area contributed by atoms with Crippen molar-refractivity contribution in [3.05, 3.63) is 71.8 Å². The van der Waals surface area contributed by atoms with Crippen LogP contribution in [0.25, 0.3) is 0 Å². The molecule has 0 aliphatic rings. The molecule has 0 aliphatic heterocycles. The van der Waals surface area contributed by atoms with Crippen molar-refractivity contribution in [3.8, 4) is 0 Å². The Kier molecular flexibility index (Phi) is 5.18. The molecule has 0 heterocycles. The number of hydrogen-bond donors (Lipinski definition) is 1. The van der Waals surface area contributed by atoms with Gasteiger partial charge < -0.3 is 5.32 Å². The van der Waals surface area contributed by atoms with E-state index in [0.717, 1.165) is 11.1 Å². The van der Waals surface area contributed by atoms with Gasteiger partial charge in [-0.05, 0) is 25.0 Å². The van der Waals surface area contributed by atoms with Gasteiger partial charge in [0.15, 0.2) is 0 Å². The fourth-order valence-corrected chi connectivity index (χ4v) is 2.73. The van der Waals surface area contributed by atoms with Gasteiger partial charge in [-0.1, -0.05) is 76.6 Å². The number of hydrogen-bond acceptors (Lipinski definition) is 1. The third kappa shape index (κ3) is 3.73. The summed E-state index contributed by atoms with van der Waals surface area (Å²) in [4.78, 5) is 12.6. The first-order chi connectivity index (χ1) is 10.1. The molecule has 21 heavy (non-hydrogen) atoms. The van der Waals surface area contributed by atoms with E-state index in [0.29, 0.717) is 5.33 Å². The van der Waals surface area contributed by atoms with Crippen molar-refractivity contribution in [3.63, 3.8) is 0 Å². The molecule has 110 valence electrons. The molecule has 0 fully saturated rings. The highest BCUT2D eigenvalue weighted by Crippen LogP contribution is 2.25. The maximum Gasteiger partial charge on any atom is 0.227 e. The van der Waals surface area contributed by atoms with Crippen LogP contribution in [0.1, 0.15) is 30.9 Å². The Morgan fingerprint density at radius 1 is 1.10 bits per heavy atom. The first-order valence-corrected chi connectivity index (χ1v) is 8.17. The summed E-state index contributed by atoms with van der Waals surface area (Å²) in [6.07, 6.45) is 0. The van der Waals surface area contributed by atoms with E-state index in [-0.39, 0.29) is 11.8 Å². The van der Waals surface area contributed by atoms with Crippen LogP contribution in [0.15, 0.2) is 60.7 Å². The number of carbonyl (C=O) groups is 1. The first-order valence-electron chi connectivity index (χ1n) is 7.05. The van der Waals surface area contributed by atoms with E-state index in [9.17, 15) is 4.79 Å². The van der Waals surface area contributed by atoms with Crippen molar-refractivity contribution in [1.82, 2.24) is 5.32 Å². The Hall–Kier alpha value is -1.61. The zero-order valence-corrected chi connectivity index (χ0v) is 13.9. The summed E-state index contributed by atoms with van der Waals surface area (Å²) in [6, 6.07) is 19.9. The molecule has 0 aliphatic carbocycles. The second-order valence-electron chi connectivity index (χ2n) is 5.45. The topological polar surface area (TPSA) is 29.1 Å². The molecular formula is C18H20BrNO. The molecule has 0 saturated carbocycles. The van der Waals surface area contributed by atoms with Gasteiger partial charge in [-0.2, -0.15) is 0 Å². The van der Waals surface area contributed by atoms with Gasteiger partial charge in [0.25, 0.3) is 0 Å². The van der Waals surface area contributed by atoms with Gasteiger partial charge in [-0.25, -0.2) is 0 Å². The lowest BCUT2D eigenvalue weighted by atomic mass is 9.92. The van der Waals surface area contributed by atoms with Gasteiger partial charge in [-0.3, -0.25) is 4.79 Å². The standard InChI is InChI=1S/C18H20BrNO/c1-14(15-9-5-3-6-10-15)17(21)20-18(2,13-19)16-11-7-4-8-12-16/h3-12,14H,13H2,1-2H3,(H,20,21). The zero-order valence-electron chi connectivity index (χ0n) is 12.3. The summed E-state index contributed by atoms with van der Waals surface area (Å²) >= 11 is 3.53. The summed E-state index contributed by atoms with van der Waals surface area (Å²) in [6.45, 7) is 3.97. The average Bonchev–Trinajstić information content (AvgIpc) is 2.55. The lowest BCUT2D eigenvalue weighted by Crippen LogP contribution is -2.46. The molecule has 0 aromatic heterocycles. The van der Waals surface area contributed by atoms with Gasteiger partial charge >= 0.3 is 0 Å². The number of carbonyl (C=O) groups excluding carboxylic acids is 1. The smallest absolute Gasteiger partial charge is 0.227 e. The highest BCUT2D eigenvalue weighted by atomic mass is 79.9. The van der Waals surface area contributed by atoms with Crippen molar-refractivity contribution in [2.45, 2.75) is 25.3 Å². The second-order valence-corrected chi connectivity index (χ2v) is 6.01. The minimum atomic E-state index is -0.415. The minimum absolute atomic E-state index is 0.0343. The molecule has 0 saturated heterocycles. The average molecular weight is 346 g/mol. The van der Waals surface area contributed by atoms with Crippen LogP contribution in [0, 0.1) is 0 Å². The summed E-state index contributed by atoms with van der Waals surface area (Å²) < 4.78 is 0. The van der Waals surface area contributed by atoms with Gasteiger partial charge in [0.1, 0.15) is 0 Å². The van der Waals surface area contributed by atoms with E-state index in [1.807, 2.05) is 74.5 Å². The number of rotatable bonds is 5. The summed E-state index contributed by atoms with van der Waals surface area (Å²) in [5, 5.41) is 3.84. The maximum atomic E-state index is 12.6. The van der Waals surface area contributed by atoms with E-state index in [1.165, 1.54) is 0 Å². The Morgan fingerprint density at radius 2 is 1.62 bits per heavy atom. The molecule has 0 bridgehead atoms. The molecule has 2 nitrogen and oxygen atoms in total. The van der Waals surface area contributed by atoms with Crippen LogP contribution in [0.2, 0.25) is 0 Å². The Labute approximate surface area is 134 Å². The van der Waals surface area contributed by atoms with Gasteiger partial charge in [0, 0.05) is 5.33 Å². The Morgan fingerprint density at radius 3 is 2.14 bits per heavy atom. The highest BCUT2D eigenvalue weighted by molar-refractivity contribution is 9.09. The van der Waals surface area contributed by atoms with Crippen molar-refractivity contribution in [2.24, 2.45) is 0 Å². The fourth-order valence-electron chi connectivity index (χ4n) is 2.26. The van der Waals surface area contributed by atoms with E-state index < -0.39 is 5.54 Å². The van der Waals surface area contributed by atoms with Crippen molar-refractivity contribution >= 4 is 21.8 Å². The number of amides is 1. The predicted octanol–water partition coefficient (Wildman–Crippen LogP) is 4.22. The highest BCUT2D eigenvalue weighted by Gasteiger charge is 2.29. The van der Waals surface area contributed by atoms with E-state index in [4.69, 9.17) is 0 Å². The molecule has 2 aromatic carbocycles. The van der Waals surface area contributed by atoms with Crippen LogP contribution in [-0.4, -0.2) is 11.2 Å². The largest absolute Gasteiger partial charge is 0.345 e. The Balaban J connectivity index is 2.17. The number of alkyl halides is 1. The normalized spacial score (nSPS) is 15.0. The quantitative estimate of drug-likeness (QED) is 0.807. The number of benzene rings is 2. The van der Waals surface area contributed by atoms with Gasteiger partial charge in [-0.15, -0.1) is 0 Å². The predicted molar refractivity (Wildman–Crippen MR) is 90.6 cm³/mol. The monoisotopic (exact) mass is 345 g/mol. The first kappa shape index (κ1) is 15.8. The molecule has 2 aromatic rings.